The van der Waals surface area contributed by atoms with E-state index in [1.54, 1.807) is 26.6 Å². The SMILES string of the molecule is COc1cc(OC)cc(C(NN)c2cncc(Br)c2)c1. The maximum absolute atomic E-state index is 5.70. The van der Waals surface area contributed by atoms with Crippen molar-refractivity contribution < 1.29 is 9.47 Å². The summed E-state index contributed by atoms with van der Waals surface area (Å²) in [7, 11) is 3.23. The van der Waals surface area contributed by atoms with Crippen molar-refractivity contribution in [1.29, 1.82) is 0 Å². The molecule has 0 spiro atoms. The van der Waals surface area contributed by atoms with Crippen LogP contribution >= 0.6 is 15.9 Å². The van der Waals surface area contributed by atoms with E-state index in [0.29, 0.717) is 11.5 Å². The van der Waals surface area contributed by atoms with Crippen LogP contribution in [0.4, 0.5) is 0 Å². The average Bonchev–Trinajstić information content (AvgIpc) is 2.47. The minimum Gasteiger partial charge on any atom is -0.497 e. The molecule has 20 heavy (non-hydrogen) atoms. The van der Waals surface area contributed by atoms with Gasteiger partial charge >= 0.3 is 0 Å². The fraction of sp³-hybridized carbons (Fsp3) is 0.214. The Bertz CT molecular complexity index is 570. The average molecular weight is 338 g/mol. The summed E-state index contributed by atoms with van der Waals surface area (Å²) in [6.45, 7) is 0. The lowest BCUT2D eigenvalue weighted by atomic mass is 10.0. The summed E-state index contributed by atoms with van der Waals surface area (Å²) < 4.78 is 11.4. The Morgan fingerprint density at radius 1 is 1.05 bits per heavy atom. The Labute approximate surface area is 126 Å². The van der Waals surface area contributed by atoms with Gasteiger partial charge < -0.3 is 9.47 Å². The molecule has 0 aliphatic heterocycles. The van der Waals surface area contributed by atoms with Gasteiger partial charge in [0.2, 0.25) is 0 Å². The normalized spacial score (nSPS) is 12.0. The van der Waals surface area contributed by atoms with Crippen LogP contribution in [0.15, 0.2) is 41.1 Å². The number of pyridine rings is 1. The number of nitrogens with two attached hydrogens (primary N) is 1. The predicted molar refractivity (Wildman–Crippen MR) is 80.6 cm³/mol. The quantitative estimate of drug-likeness (QED) is 0.647. The second-order valence-corrected chi connectivity index (χ2v) is 5.10. The molecule has 0 bridgehead atoms. The van der Waals surface area contributed by atoms with Crippen LogP contribution in [0.2, 0.25) is 0 Å². The Morgan fingerprint density at radius 2 is 1.70 bits per heavy atom. The molecule has 1 heterocycles. The van der Waals surface area contributed by atoms with Gasteiger partial charge in [-0.2, -0.15) is 0 Å². The summed E-state index contributed by atoms with van der Waals surface area (Å²) >= 11 is 3.41. The third kappa shape index (κ3) is 3.27. The molecule has 1 aromatic heterocycles. The minimum atomic E-state index is -0.205. The third-order valence-corrected chi connectivity index (χ3v) is 3.37. The molecule has 5 nitrogen and oxygen atoms in total. The van der Waals surface area contributed by atoms with Crippen molar-refractivity contribution in [2.24, 2.45) is 5.84 Å². The number of hydrogen-bond acceptors (Lipinski definition) is 5. The summed E-state index contributed by atoms with van der Waals surface area (Å²) in [4.78, 5) is 4.16. The van der Waals surface area contributed by atoms with Gasteiger partial charge in [-0.15, -0.1) is 0 Å². The van der Waals surface area contributed by atoms with E-state index in [9.17, 15) is 0 Å². The summed E-state index contributed by atoms with van der Waals surface area (Å²) in [6, 6.07) is 7.39. The van der Waals surface area contributed by atoms with Crippen molar-refractivity contribution in [2.75, 3.05) is 14.2 Å². The number of nitrogens with one attached hydrogen (secondary N) is 1. The highest BCUT2D eigenvalue weighted by Crippen LogP contribution is 2.30. The molecule has 0 radical (unpaired) electrons. The van der Waals surface area contributed by atoms with Gasteiger partial charge in [0.1, 0.15) is 11.5 Å². The number of hydrogen-bond donors (Lipinski definition) is 2. The molecule has 0 aliphatic rings. The Hall–Kier alpha value is -1.63. The molecular weight excluding hydrogens is 322 g/mol. The van der Waals surface area contributed by atoms with Gasteiger partial charge in [-0.1, -0.05) is 0 Å². The van der Waals surface area contributed by atoms with Crippen LogP contribution in [0, 0.1) is 0 Å². The van der Waals surface area contributed by atoms with Crippen LogP contribution in [0.1, 0.15) is 17.2 Å². The zero-order valence-corrected chi connectivity index (χ0v) is 12.8. The predicted octanol–water partition coefficient (Wildman–Crippen LogP) is 2.41. The number of halogens is 1. The van der Waals surface area contributed by atoms with Crippen LogP contribution in [0.5, 0.6) is 11.5 Å². The van der Waals surface area contributed by atoms with Crippen molar-refractivity contribution in [3.63, 3.8) is 0 Å². The van der Waals surface area contributed by atoms with Gasteiger partial charge in [0.05, 0.1) is 20.3 Å². The number of nitrogens with zero attached hydrogens (tertiary/aromatic N) is 1. The van der Waals surface area contributed by atoms with E-state index in [4.69, 9.17) is 15.3 Å². The van der Waals surface area contributed by atoms with Crippen molar-refractivity contribution >= 4 is 15.9 Å². The molecule has 0 saturated heterocycles. The van der Waals surface area contributed by atoms with Crippen LogP contribution < -0.4 is 20.7 Å². The van der Waals surface area contributed by atoms with Crippen LogP contribution in [-0.4, -0.2) is 19.2 Å². The topological polar surface area (TPSA) is 69.4 Å². The summed E-state index contributed by atoms with van der Waals surface area (Å²) in [5.41, 5.74) is 4.67. The molecule has 6 heteroatoms. The van der Waals surface area contributed by atoms with Crippen LogP contribution in [0.25, 0.3) is 0 Å². The van der Waals surface area contributed by atoms with E-state index in [0.717, 1.165) is 15.6 Å². The Balaban J connectivity index is 2.45. The molecule has 3 N–H and O–H groups in total. The lowest BCUT2D eigenvalue weighted by Gasteiger charge is -2.18. The highest BCUT2D eigenvalue weighted by Gasteiger charge is 2.15. The maximum Gasteiger partial charge on any atom is 0.122 e. The second kappa shape index (κ2) is 6.69. The molecule has 106 valence electrons. The van der Waals surface area contributed by atoms with E-state index in [1.807, 2.05) is 24.3 Å². The fourth-order valence-corrected chi connectivity index (χ4v) is 2.35. The van der Waals surface area contributed by atoms with Gasteiger partial charge in [0, 0.05) is 22.9 Å². The monoisotopic (exact) mass is 337 g/mol. The number of aromatic nitrogens is 1. The first-order valence-corrected chi connectivity index (χ1v) is 6.76. The zero-order valence-electron chi connectivity index (χ0n) is 11.3. The van der Waals surface area contributed by atoms with Gasteiger partial charge in [0.15, 0.2) is 0 Å². The highest BCUT2D eigenvalue weighted by atomic mass is 79.9. The van der Waals surface area contributed by atoms with Crippen molar-refractivity contribution in [3.05, 3.63) is 52.3 Å². The zero-order chi connectivity index (χ0) is 14.5. The lowest BCUT2D eigenvalue weighted by Crippen LogP contribution is -2.29. The molecule has 1 unspecified atom stereocenters. The largest absolute Gasteiger partial charge is 0.497 e. The van der Waals surface area contributed by atoms with E-state index in [2.05, 4.69) is 26.3 Å². The van der Waals surface area contributed by atoms with Crippen molar-refractivity contribution in [1.82, 2.24) is 10.4 Å². The first-order valence-electron chi connectivity index (χ1n) is 5.97. The van der Waals surface area contributed by atoms with E-state index < -0.39 is 0 Å². The number of rotatable bonds is 5. The standard InChI is InChI=1S/C14H16BrN3O2/c1-19-12-4-9(5-13(6-12)20-2)14(18-16)10-3-11(15)8-17-7-10/h3-8,14,18H,16H2,1-2H3. The third-order valence-electron chi connectivity index (χ3n) is 2.93. The molecule has 1 aromatic carbocycles. The van der Waals surface area contributed by atoms with E-state index in [-0.39, 0.29) is 6.04 Å². The first-order chi connectivity index (χ1) is 9.67. The number of methoxy groups -OCH3 is 2. The molecule has 0 fully saturated rings. The molecule has 1 atom stereocenters. The Morgan fingerprint density at radius 3 is 2.20 bits per heavy atom. The molecule has 0 saturated carbocycles. The molecular formula is C14H16BrN3O2. The molecule has 0 amide bonds. The fourth-order valence-electron chi connectivity index (χ4n) is 1.97. The number of ether oxygens (including phenoxy) is 2. The Kier molecular flexibility index (Phi) is 4.94. The smallest absolute Gasteiger partial charge is 0.122 e. The molecule has 2 aromatic rings. The number of hydrazine groups is 1. The minimum absolute atomic E-state index is 0.205. The van der Waals surface area contributed by atoms with Gasteiger partial charge in [-0.05, 0) is 45.3 Å². The van der Waals surface area contributed by atoms with Crippen molar-refractivity contribution in [3.8, 4) is 11.5 Å². The van der Waals surface area contributed by atoms with Crippen LogP contribution in [0.3, 0.4) is 0 Å². The van der Waals surface area contributed by atoms with Gasteiger partial charge in [-0.3, -0.25) is 10.8 Å². The summed E-state index contributed by atoms with van der Waals surface area (Å²) in [5.74, 6) is 7.12. The summed E-state index contributed by atoms with van der Waals surface area (Å²) in [5, 5.41) is 0. The van der Waals surface area contributed by atoms with E-state index in [1.165, 1.54) is 0 Å². The highest BCUT2D eigenvalue weighted by molar-refractivity contribution is 9.10. The summed E-state index contributed by atoms with van der Waals surface area (Å²) in [6.07, 6.45) is 3.49. The van der Waals surface area contributed by atoms with Crippen molar-refractivity contribution in [2.45, 2.75) is 6.04 Å². The number of benzene rings is 1. The maximum atomic E-state index is 5.70. The lowest BCUT2D eigenvalue weighted by molar-refractivity contribution is 0.392. The van der Waals surface area contributed by atoms with E-state index >= 15 is 0 Å². The van der Waals surface area contributed by atoms with Gasteiger partial charge in [-0.25, -0.2) is 5.43 Å². The first kappa shape index (κ1) is 14.8. The van der Waals surface area contributed by atoms with Gasteiger partial charge in [0.25, 0.3) is 0 Å². The molecule has 0 aliphatic carbocycles. The molecule has 2 rings (SSSR count). The second-order valence-electron chi connectivity index (χ2n) is 4.18. The van der Waals surface area contributed by atoms with Crippen LogP contribution in [-0.2, 0) is 0 Å².